The van der Waals surface area contributed by atoms with Crippen LogP contribution in [-0.4, -0.2) is 24.5 Å². The van der Waals surface area contributed by atoms with E-state index in [9.17, 15) is 0 Å². The first-order chi connectivity index (χ1) is 25.1. The van der Waals surface area contributed by atoms with E-state index in [1.54, 1.807) is 0 Å². The van der Waals surface area contributed by atoms with Crippen molar-refractivity contribution in [2.24, 2.45) is 0 Å². The summed E-state index contributed by atoms with van der Waals surface area (Å²) >= 11 is 0. The SMILES string of the molecule is Cc1ccc(-c2ccc3c4ccccc4n(-c4ccc(-c5ccccn5)cc4-c4nc(-c5ccccc5)nc(-c5ccccc5)n4)c3c2)c(C)c1. The van der Waals surface area contributed by atoms with Crippen molar-refractivity contribution in [3.63, 3.8) is 0 Å². The van der Waals surface area contributed by atoms with E-state index in [1.807, 2.05) is 85.1 Å². The quantitative estimate of drug-likeness (QED) is 0.179. The minimum atomic E-state index is 0.590. The fraction of sp³-hybridized carbons (Fsp3) is 0.0435. The molecule has 242 valence electrons. The van der Waals surface area contributed by atoms with Crippen LogP contribution in [0.3, 0.4) is 0 Å². The molecule has 0 saturated heterocycles. The van der Waals surface area contributed by atoms with Crippen molar-refractivity contribution in [3.05, 3.63) is 175 Å². The summed E-state index contributed by atoms with van der Waals surface area (Å²) in [6.45, 7) is 4.33. The first-order valence-corrected chi connectivity index (χ1v) is 17.1. The van der Waals surface area contributed by atoms with Crippen molar-refractivity contribution in [2.75, 3.05) is 0 Å². The molecular formula is C46H33N5. The average Bonchev–Trinajstić information content (AvgIpc) is 3.52. The highest BCUT2D eigenvalue weighted by Gasteiger charge is 2.21. The highest BCUT2D eigenvalue weighted by molar-refractivity contribution is 6.10. The van der Waals surface area contributed by atoms with Gasteiger partial charge in [-0.2, -0.15) is 0 Å². The highest BCUT2D eigenvalue weighted by Crippen LogP contribution is 2.39. The number of aryl methyl sites for hydroxylation is 2. The van der Waals surface area contributed by atoms with Crippen molar-refractivity contribution < 1.29 is 0 Å². The van der Waals surface area contributed by atoms with E-state index >= 15 is 0 Å². The third kappa shape index (κ3) is 5.55. The monoisotopic (exact) mass is 655 g/mol. The van der Waals surface area contributed by atoms with Gasteiger partial charge in [0, 0.05) is 39.2 Å². The van der Waals surface area contributed by atoms with Crippen molar-refractivity contribution in [3.8, 4) is 62.2 Å². The predicted octanol–water partition coefficient (Wildman–Crippen LogP) is 11.3. The zero-order valence-electron chi connectivity index (χ0n) is 28.3. The maximum atomic E-state index is 5.19. The van der Waals surface area contributed by atoms with Crippen LogP contribution in [0.1, 0.15) is 11.1 Å². The number of nitrogens with zero attached hydrogens (tertiary/aromatic N) is 5. The molecule has 3 aromatic heterocycles. The van der Waals surface area contributed by atoms with Crippen molar-refractivity contribution in [1.29, 1.82) is 0 Å². The third-order valence-corrected chi connectivity index (χ3v) is 9.51. The lowest BCUT2D eigenvalue weighted by molar-refractivity contribution is 1.06. The van der Waals surface area contributed by atoms with Gasteiger partial charge in [0.2, 0.25) is 0 Å². The first-order valence-electron chi connectivity index (χ1n) is 17.1. The van der Waals surface area contributed by atoms with E-state index in [0.717, 1.165) is 44.7 Å². The number of benzene rings is 6. The van der Waals surface area contributed by atoms with Gasteiger partial charge in [0.25, 0.3) is 0 Å². The lowest BCUT2D eigenvalue weighted by Crippen LogP contribution is -2.04. The summed E-state index contributed by atoms with van der Waals surface area (Å²) in [6.07, 6.45) is 1.83. The molecule has 9 rings (SSSR count). The molecule has 0 amide bonds. The molecule has 0 unspecified atom stereocenters. The number of pyridine rings is 1. The molecule has 0 aliphatic carbocycles. The number of fused-ring (bicyclic) bond motifs is 3. The first kappa shape index (κ1) is 30.3. The van der Waals surface area contributed by atoms with Crippen molar-refractivity contribution in [2.45, 2.75) is 13.8 Å². The topological polar surface area (TPSA) is 56.5 Å². The largest absolute Gasteiger partial charge is 0.308 e. The van der Waals surface area contributed by atoms with E-state index in [0.29, 0.717) is 17.5 Å². The zero-order valence-corrected chi connectivity index (χ0v) is 28.3. The Morgan fingerprint density at radius 3 is 1.78 bits per heavy atom. The van der Waals surface area contributed by atoms with Crippen LogP contribution in [0, 0.1) is 13.8 Å². The van der Waals surface area contributed by atoms with E-state index in [2.05, 4.69) is 97.3 Å². The minimum Gasteiger partial charge on any atom is -0.308 e. The molecule has 0 spiro atoms. The van der Waals surface area contributed by atoms with E-state index in [4.69, 9.17) is 19.9 Å². The van der Waals surface area contributed by atoms with Gasteiger partial charge < -0.3 is 4.57 Å². The second-order valence-electron chi connectivity index (χ2n) is 12.9. The lowest BCUT2D eigenvalue weighted by atomic mass is 9.97. The van der Waals surface area contributed by atoms with Crippen LogP contribution in [0.25, 0.3) is 84.0 Å². The molecule has 0 N–H and O–H groups in total. The number of hydrogen-bond donors (Lipinski definition) is 0. The van der Waals surface area contributed by atoms with E-state index < -0.39 is 0 Å². The van der Waals surface area contributed by atoms with Gasteiger partial charge in [0.15, 0.2) is 17.5 Å². The Bertz CT molecular complexity index is 2640. The minimum absolute atomic E-state index is 0.590. The van der Waals surface area contributed by atoms with Crippen LogP contribution in [-0.2, 0) is 0 Å². The predicted molar refractivity (Wildman–Crippen MR) is 209 cm³/mol. The van der Waals surface area contributed by atoms with Crippen LogP contribution in [0.4, 0.5) is 0 Å². The second-order valence-corrected chi connectivity index (χ2v) is 12.9. The molecule has 5 heteroatoms. The van der Waals surface area contributed by atoms with Gasteiger partial charge in [-0.1, -0.05) is 127 Å². The number of hydrogen-bond acceptors (Lipinski definition) is 4. The van der Waals surface area contributed by atoms with Crippen molar-refractivity contribution >= 4 is 21.8 Å². The second kappa shape index (κ2) is 12.6. The molecule has 0 radical (unpaired) electrons. The Kier molecular flexibility index (Phi) is 7.51. The van der Waals surface area contributed by atoms with Crippen LogP contribution >= 0.6 is 0 Å². The molecule has 0 atom stereocenters. The summed E-state index contributed by atoms with van der Waals surface area (Å²) in [7, 11) is 0. The smallest absolute Gasteiger partial charge is 0.166 e. The molecule has 6 aromatic carbocycles. The fourth-order valence-corrected chi connectivity index (χ4v) is 7.07. The lowest BCUT2D eigenvalue weighted by Gasteiger charge is -2.16. The normalized spacial score (nSPS) is 11.3. The summed E-state index contributed by atoms with van der Waals surface area (Å²) < 4.78 is 2.36. The van der Waals surface area contributed by atoms with Gasteiger partial charge >= 0.3 is 0 Å². The van der Waals surface area contributed by atoms with Gasteiger partial charge in [-0.25, -0.2) is 15.0 Å². The van der Waals surface area contributed by atoms with E-state index in [-0.39, 0.29) is 0 Å². The molecule has 9 aromatic rings. The molecule has 0 aliphatic heterocycles. The summed E-state index contributed by atoms with van der Waals surface area (Å²) in [5, 5.41) is 2.37. The van der Waals surface area contributed by atoms with Gasteiger partial charge in [0.1, 0.15) is 0 Å². The van der Waals surface area contributed by atoms with Gasteiger partial charge in [0.05, 0.1) is 22.4 Å². The summed E-state index contributed by atoms with van der Waals surface area (Å²) in [6, 6.07) is 54.8. The molecule has 0 aliphatic rings. The summed E-state index contributed by atoms with van der Waals surface area (Å²) in [4.78, 5) is 20.1. The van der Waals surface area contributed by atoms with Crippen molar-refractivity contribution in [1.82, 2.24) is 24.5 Å². The molecule has 0 saturated carbocycles. The molecule has 0 fully saturated rings. The summed E-state index contributed by atoms with van der Waals surface area (Å²) in [5.74, 6) is 1.83. The Morgan fingerprint density at radius 1 is 0.431 bits per heavy atom. The average molecular weight is 656 g/mol. The molecule has 0 bridgehead atoms. The third-order valence-electron chi connectivity index (χ3n) is 9.51. The molecule has 5 nitrogen and oxygen atoms in total. The number of rotatable bonds is 6. The Balaban J connectivity index is 1.36. The van der Waals surface area contributed by atoms with Crippen LogP contribution < -0.4 is 0 Å². The van der Waals surface area contributed by atoms with Gasteiger partial charge in [-0.05, 0) is 66.9 Å². The summed E-state index contributed by atoms with van der Waals surface area (Å²) in [5.41, 5.74) is 12.7. The molecule has 51 heavy (non-hydrogen) atoms. The van der Waals surface area contributed by atoms with E-state index in [1.165, 1.54) is 33.0 Å². The Hall–Kier alpha value is -6.72. The standard InChI is InChI=1S/C46H33N5/c1-30-20-23-36(31(2)27-30)34-21-24-38-37-17-9-10-19-41(37)51(43(38)29-34)42-25-22-35(40-18-11-12-26-47-40)28-39(42)46-49-44(32-13-5-3-6-14-32)48-45(50-46)33-15-7-4-8-16-33/h3-29H,1-2H3. The van der Waals surface area contributed by atoms with Gasteiger partial charge in [-0.15, -0.1) is 0 Å². The van der Waals surface area contributed by atoms with Crippen LogP contribution in [0.5, 0.6) is 0 Å². The number of para-hydroxylation sites is 1. The fourth-order valence-electron chi connectivity index (χ4n) is 7.07. The maximum absolute atomic E-state index is 5.19. The molecule has 3 heterocycles. The van der Waals surface area contributed by atoms with Crippen LogP contribution in [0.2, 0.25) is 0 Å². The Labute approximate surface area is 296 Å². The molecular weight excluding hydrogens is 623 g/mol. The Morgan fingerprint density at radius 2 is 1.08 bits per heavy atom. The number of aromatic nitrogens is 5. The van der Waals surface area contributed by atoms with Crippen LogP contribution in [0.15, 0.2) is 164 Å². The van der Waals surface area contributed by atoms with Gasteiger partial charge in [-0.3, -0.25) is 4.98 Å². The zero-order chi connectivity index (χ0) is 34.3. The maximum Gasteiger partial charge on any atom is 0.166 e. The highest BCUT2D eigenvalue weighted by atomic mass is 15.1.